The van der Waals surface area contributed by atoms with Crippen LogP contribution in [0, 0.1) is 29.1 Å². The number of allylic oxidation sites excluding steroid dienone is 1. The Morgan fingerprint density at radius 3 is 1.41 bits per heavy atom. The maximum Gasteiger partial charge on any atom is 0.410 e. The zero-order valence-electron chi connectivity index (χ0n) is 68.7. The number of azide groups is 1. The molecule has 11 atom stereocenters. The molecule has 5 aromatic carbocycles. The first-order valence-corrected chi connectivity index (χ1v) is 37.9. The number of carbonyl (C=O) groups excluding carboxylic acids is 10. The molecule has 2 aliphatic heterocycles. The summed E-state index contributed by atoms with van der Waals surface area (Å²) in [5.74, 6) is -3.36. The molecule has 2 fully saturated rings. The molecule has 0 unspecified atom stereocenters. The number of ether oxygens (including phenoxy) is 4. The number of hydrogen-bond acceptors (Lipinski definition) is 16. The molecule has 6 N–H and O–H groups in total. The first kappa shape index (κ1) is 90.7. The monoisotopic (exact) mass is 1560 g/mol. The van der Waals surface area contributed by atoms with E-state index in [9.17, 15) is 57.8 Å². The third-order valence-corrected chi connectivity index (χ3v) is 19.1. The Balaban J connectivity index is 0.000000373. The number of terminal acetylenes is 1. The summed E-state index contributed by atoms with van der Waals surface area (Å²) in [6.45, 7) is 33.2. The summed E-state index contributed by atoms with van der Waals surface area (Å²) in [6.07, 6.45) is 6.50. The molecular formula is C85H114N12O16. The second-order valence-corrected chi connectivity index (χ2v) is 34.1. The number of rotatable bonds is 27. The Bertz CT molecular complexity index is 4360. The van der Waals surface area contributed by atoms with Gasteiger partial charge in [0.2, 0.25) is 41.4 Å². The number of aliphatic carboxylic acids is 1. The molecule has 0 aliphatic carbocycles. The first-order chi connectivity index (χ1) is 52.6. The van der Waals surface area contributed by atoms with Crippen molar-refractivity contribution >= 4 is 87.0 Å². The average molecular weight is 1560 g/mol. The average Bonchev–Trinajstić information content (AvgIpc) is 1.69. The van der Waals surface area contributed by atoms with Crippen LogP contribution in [0.25, 0.3) is 32.0 Å². The van der Waals surface area contributed by atoms with Crippen molar-refractivity contribution in [2.24, 2.45) is 21.9 Å². The third kappa shape index (κ3) is 26.7. The number of carbonyl (C=O) groups is 11. The molecule has 28 heteroatoms. The summed E-state index contributed by atoms with van der Waals surface area (Å²) in [6, 6.07) is 22.8. The number of likely N-dealkylation sites (N-methyl/N-ethyl adjacent to an activating group) is 2. The van der Waals surface area contributed by atoms with Crippen molar-refractivity contribution in [3.05, 3.63) is 149 Å². The second-order valence-electron chi connectivity index (χ2n) is 34.1. The Morgan fingerprint density at radius 1 is 0.566 bits per heavy atom. The Morgan fingerprint density at radius 2 is 0.982 bits per heavy atom. The molecule has 0 saturated carbocycles. The number of fused-ring (bicyclic) bond motifs is 2. The van der Waals surface area contributed by atoms with E-state index in [1.54, 1.807) is 140 Å². The zero-order valence-corrected chi connectivity index (χ0v) is 68.7. The summed E-state index contributed by atoms with van der Waals surface area (Å²) in [4.78, 5) is 158. The molecule has 0 bridgehead atoms. The smallest absolute Gasteiger partial charge is 0.410 e. The minimum Gasteiger partial charge on any atom is -0.481 e. The summed E-state index contributed by atoms with van der Waals surface area (Å²) >= 11 is 0. The van der Waals surface area contributed by atoms with Crippen LogP contribution >= 0.6 is 0 Å². The fourth-order valence-corrected chi connectivity index (χ4v) is 12.8. The molecule has 610 valence electrons. The summed E-state index contributed by atoms with van der Waals surface area (Å²) < 4.78 is 22.1. The lowest BCUT2D eigenvalue weighted by atomic mass is 9.85. The van der Waals surface area contributed by atoms with E-state index in [0.29, 0.717) is 23.3 Å². The molecule has 2 heterocycles. The Hall–Kier alpha value is -11.2. The normalized spacial score (nSPS) is 17.5. The molecule has 2 saturated heterocycles. The maximum atomic E-state index is 14.8. The van der Waals surface area contributed by atoms with Crippen molar-refractivity contribution in [3.63, 3.8) is 0 Å². The van der Waals surface area contributed by atoms with E-state index in [0.717, 1.165) is 32.0 Å². The number of carboxylic acid groups (broad SMARTS) is 1. The molecule has 9 amide bonds. The standard InChI is InChI=1S/C52H69N5O9.C33H45N7O7/c1-14-18-36-31-42(57(32-36)47(61)43(50(4,5)6)55-44(58)33(3)56(13)49(63)66-52(10,11)12)46(60)53-40(30-35-21-24-37-19-16-17-20-38(37)28-35)45(59)54-41(48(62)65-51(7,8)9)29-34-22-25-39(26-23-34)64-27-15-2;1-19(39(8)31(46)47-33(5,6)7)27(41)36-26(32(2,3)4)29(43)40-18-23(37-38-34)17-25(40)28(42)35-24(30(44)45)16-20-13-14-21-11-9-10-12-22(21)15-20/h2,14,16-17,19-26,28,33,36,40-43H,1,18,27,29-32H2,3-13H3,(H,53,60)(H,54,59)(H,55,58);9-15,19,23-26H,16-18H2,1-8H3,(H,35,42)(H,36,41)(H,44,45)/t33-,36-,40-,41-,42-,43+;19-,23-,24-,25-,26+/m00/s1. The number of hydrogen-bond donors (Lipinski definition) is 6. The number of nitrogens with one attached hydrogen (secondary N) is 5. The highest BCUT2D eigenvalue weighted by Crippen LogP contribution is 2.33. The summed E-state index contributed by atoms with van der Waals surface area (Å²) in [5.41, 5.74) is 7.11. The largest absolute Gasteiger partial charge is 0.481 e. The van der Waals surface area contributed by atoms with Gasteiger partial charge in [0.05, 0.1) is 6.04 Å². The topological polar surface area (TPSA) is 367 Å². The molecule has 0 radical (unpaired) electrons. The number of likely N-dealkylation sites (tertiary alicyclic amines) is 2. The number of amides is 9. The van der Waals surface area contributed by atoms with Gasteiger partial charge in [-0.05, 0) is 168 Å². The predicted molar refractivity (Wildman–Crippen MR) is 430 cm³/mol. The highest BCUT2D eigenvalue weighted by molar-refractivity contribution is 5.98. The van der Waals surface area contributed by atoms with Gasteiger partial charge in [-0.1, -0.05) is 156 Å². The van der Waals surface area contributed by atoms with Crippen LogP contribution in [0.1, 0.15) is 154 Å². The van der Waals surface area contributed by atoms with Gasteiger partial charge in [0, 0.05) is 51.4 Å². The molecule has 28 nitrogen and oxygen atoms in total. The van der Waals surface area contributed by atoms with Crippen molar-refractivity contribution in [2.45, 2.75) is 233 Å². The Kier molecular flexibility index (Phi) is 31.2. The lowest BCUT2D eigenvalue weighted by Crippen LogP contribution is -2.61. The first-order valence-electron chi connectivity index (χ1n) is 37.9. The second kappa shape index (κ2) is 38.8. The summed E-state index contributed by atoms with van der Waals surface area (Å²) in [5, 5.41) is 31.6. The highest BCUT2D eigenvalue weighted by atomic mass is 16.6. The van der Waals surface area contributed by atoms with E-state index in [1.165, 1.54) is 42.6 Å². The van der Waals surface area contributed by atoms with Gasteiger partial charge >= 0.3 is 24.1 Å². The van der Waals surface area contributed by atoms with Gasteiger partial charge < -0.3 is 60.4 Å². The SMILES string of the molecule is C#CCOc1ccc(C[C@H](NC(=O)[C@H](Cc2ccc3ccccc3c2)NC(=O)[C@@H]2C[C@H](CC=C)CN2C(=O)[C@@H](NC(=O)[C@H](C)N(C)C(=O)OC(C)(C)C)C(C)(C)C)C(=O)OC(C)(C)C)cc1.C[C@@H](C(=O)N[C@H](C(=O)N1C[C@@H](N=[N+]=[N-])C[C@H]1C(=O)N[C@@H](Cc1ccc2ccccc2c1)C(=O)O)C(C)(C)C)N(C)C(=O)OC(C)(C)C. The van der Waals surface area contributed by atoms with Crippen LogP contribution in [-0.2, 0) is 76.6 Å². The van der Waals surface area contributed by atoms with Gasteiger partial charge in [0.15, 0.2) is 0 Å². The number of esters is 1. The van der Waals surface area contributed by atoms with Gasteiger partial charge in [0.1, 0.15) is 83.5 Å². The molecule has 7 rings (SSSR count). The van der Waals surface area contributed by atoms with Gasteiger partial charge in [-0.3, -0.25) is 43.4 Å². The molecule has 0 aromatic heterocycles. The zero-order chi connectivity index (χ0) is 84.4. The van der Waals surface area contributed by atoms with E-state index in [-0.39, 0.29) is 57.7 Å². The number of carboxylic acids is 1. The quantitative estimate of drug-likeness (QED) is 0.00541. The molecule has 2 aliphatic rings. The van der Waals surface area contributed by atoms with Crippen LogP contribution in [0.4, 0.5) is 9.59 Å². The number of benzene rings is 5. The lowest BCUT2D eigenvalue weighted by Gasteiger charge is -2.37. The van der Waals surface area contributed by atoms with Crippen molar-refractivity contribution in [2.75, 3.05) is 33.8 Å². The minimum atomic E-state index is -1.30. The minimum absolute atomic E-state index is 0.00389. The predicted octanol–water partition coefficient (Wildman–Crippen LogP) is 10.5. The van der Waals surface area contributed by atoms with Gasteiger partial charge in [-0.15, -0.1) is 13.0 Å². The molecule has 0 spiro atoms. The van der Waals surface area contributed by atoms with Crippen molar-refractivity contribution in [3.8, 4) is 18.1 Å². The fourth-order valence-electron chi connectivity index (χ4n) is 12.8. The number of nitrogens with zero attached hydrogens (tertiary/aromatic N) is 7. The van der Waals surface area contributed by atoms with Crippen molar-refractivity contribution in [1.82, 2.24) is 46.2 Å². The van der Waals surface area contributed by atoms with Crippen molar-refractivity contribution in [1.29, 1.82) is 0 Å². The van der Waals surface area contributed by atoms with E-state index in [2.05, 4.69) is 49.1 Å². The van der Waals surface area contributed by atoms with Crippen LogP contribution in [0.5, 0.6) is 5.75 Å². The molecule has 5 aromatic rings. The van der Waals surface area contributed by atoms with Gasteiger partial charge in [-0.25, -0.2) is 19.2 Å². The van der Waals surface area contributed by atoms with Crippen LogP contribution < -0.4 is 31.3 Å². The van der Waals surface area contributed by atoms with E-state index in [1.807, 2.05) is 78.9 Å². The molecular weight excluding hydrogens is 1450 g/mol. The fraction of sp³-hybridized carbons (Fsp3) is 0.518. The maximum absolute atomic E-state index is 14.8. The third-order valence-electron chi connectivity index (χ3n) is 19.1. The Labute approximate surface area is 663 Å². The van der Waals surface area contributed by atoms with Gasteiger partial charge in [-0.2, -0.15) is 0 Å². The van der Waals surface area contributed by atoms with Crippen LogP contribution in [0.3, 0.4) is 0 Å². The van der Waals surface area contributed by atoms with E-state index < -0.39 is 154 Å². The summed E-state index contributed by atoms with van der Waals surface area (Å²) in [7, 11) is 2.86. The van der Waals surface area contributed by atoms with Gasteiger partial charge in [0.25, 0.3) is 0 Å². The molecule has 113 heavy (non-hydrogen) atoms. The van der Waals surface area contributed by atoms with Crippen molar-refractivity contribution < 1.29 is 76.8 Å². The van der Waals surface area contributed by atoms with Crippen LogP contribution in [0.2, 0.25) is 0 Å². The van der Waals surface area contributed by atoms with Crippen LogP contribution in [-0.4, -0.2) is 201 Å². The highest BCUT2D eigenvalue weighted by Gasteiger charge is 2.48. The van der Waals surface area contributed by atoms with E-state index in [4.69, 9.17) is 30.9 Å². The lowest BCUT2D eigenvalue weighted by molar-refractivity contribution is -0.158. The van der Waals surface area contributed by atoms with E-state index >= 15 is 0 Å². The van der Waals surface area contributed by atoms with Crippen LogP contribution in [0.15, 0.2) is 127 Å².